The molecule has 94 valence electrons. The van der Waals surface area contributed by atoms with Crippen LogP contribution in [-0.4, -0.2) is 35.8 Å². The zero-order valence-corrected chi connectivity index (χ0v) is 10.2. The van der Waals surface area contributed by atoms with E-state index in [1.807, 2.05) is 14.0 Å². The Bertz CT molecular complexity index is 397. The molecular formula is C13H18FNO2. The molecule has 0 radical (unpaired) electrons. The van der Waals surface area contributed by atoms with Crippen LogP contribution in [0.25, 0.3) is 0 Å². The van der Waals surface area contributed by atoms with E-state index in [2.05, 4.69) is 4.90 Å². The Morgan fingerprint density at radius 2 is 2.29 bits per heavy atom. The van der Waals surface area contributed by atoms with E-state index < -0.39 is 0 Å². The van der Waals surface area contributed by atoms with E-state index in [9.17, 15) is 9.50 Å². The summed E-state index contributed by atoms with van der Waals surface area (Å²) in [5.74, 6) is -0.174. The van der Waals surface area contributed by atoms with Crippen molar-refractivity contribution in [3.05, 3.63) is 29.6 Å². The molecule has 2 rings (SSSR count). The van der Waals surface area contributed by atoms with Gasteiger partial charge in [0.05, 0.1) is 6.10 Å². The average Bonchev–Trinajstić information content (AvgIpc) is 2.70. The zero-order chi connectivity index (χ0) is 12.4. The SMILES string of the molecule is CC1OCCC1N(C)Cc1cc(F)ccc1O. The van der Waals surface area contributed by atoms with Gasteiger partial charge in [0.25, 0.3) is 0 Å². The molecule has 1 aromatic carbocycles. The van der Waals surface area contributed by atoms with Gasteiger partial charge in [0.1, 0.15) is 11.6 Å². The van der Waals surface area contributed by atoms with Crippen molar-refractivity contribution in [3.63, 3.8) is 0 Å². The minimum Gasteiger partial charge on any atom is -0.508 e. The maximum Gasteiger partial charge on any atom is 0.123 e. The van der Waals surface area contributed by atoms with Gasteiger partial charge in [0, 0.05) is 24.8 Å². The van der Waals surface area contributed by atoms with Crippen LogP contribution in [-0.2, 0) is 11.3 Å². The highest BCUT2D eigenvalue weighted by Gasteiger charge is 2.28. The lowest BCUT2D eigenvalue weighted by atomic mass is 10.1. The largest absolute Gasteiger partial charge is 0.508 e. The number of aromatic hydroxyl groups is 1. The molecule has 1 aliphatic rings. The number of ether oxygens (including phenoxy) is 1. The van der Waals surface area contributed by atoms with Gasteiger partial charge in [-0.25, -0.2) is 4.39 Å². The predicted octanol–water partition coefficient (Wildman–Crippen LogP) is 2.14. The van der Waals surface area contributed by atoms with Crippen LogP contribution in [0.15, 0.2) is 18.2 Å². The van der Waals surface area contributed by atoms with Crippen molar-refractivity contribution in [1.82, 2.24) is 4.90 Å². The van der Waals surface area contributed by atoms with Crippen LogP contribution in [0.1, 0.15) is 18.9 Å². The number of likely N-dealkylation sites (N-methyl/N-ethyl adjacent to an activating group) is 1. The molecule has 2 unspecified atom stereocenters. The lowest BCUT2D eigenvalue weighted by Crippen LogP contribution is -2.36. The summed E-state index contributed by atoms with van der Waals surface area (Å²) in [6.07, 6.45) is 1.17. The number of phenolic OH excluding ortho intramolecular Hbond substituents is 1. The Kier molecular flexibility index (Phi) is 3.64. The van der Waals surface area contributed by atoms with Crippen LogP contribution in [0.3, 0.4) is 0 Å². The minimum atomic E-state index is -0.318. The van der Waals surface area contributed by atoms with Crippen molar-refractivity contribution in [2.24, 2.45) is 0 Å². The fourth-order valence-electron chi connectivity index (χ4n) is 2.37. The van der Waals surface area contributed by atoms with Crippen LogP contribution in [0.5, 0.6) is 5.75 Å². The number of halogens is 1. The molecule has 1 N–H and O–H groups in total. The van der Waals surface area contributed by atoms with Gasteiger partial charge < -0.3 is 9.84 Å². The number of hydrogen-bond acceptors (Lipinski definition) is 3. The van der Waals surface area contributed by atoms with Gasteiger partial charge in [-0.3, -0.25) is 4.90 Å². The maximum atomic E-state index is 13.1. The number of hydrogen-bond donors (Lipinski definition) is 1. The summed E-state index contributed by atoms with van der Waals surface area (Å²) in [5, 5.41) is 9.67. The molecule has 3 nitrogen and oxygen atoms in total. The minimum absolute atomic E-state index is 0.143. The molecule has 17 heavy (non-hydrogen) atoms. The van der Waals surface area contributed by atoms with E-state index >= 15 is 0 Å². The molecule has 0 aliphatic carbocycles. The van der Waals surface area contributed by atoms with Crippen LogP contribution in [0, 0.1) is 5.82 Å². The van der Waals surface area contributed by atoms with Crippen molar-refractivity contribution >= 4 is 0 Å². The van der Waals surface area contributed by atoms with E-state index in [1.54, 1.807) is 0 Å². The second-order valence-corrected chi connectivity index (χ2v) is 4.62. The molecule has 0 bridgehead atoms. The van der Waals surface area contributed by atoms with Crippen LogP contribution in [0.4, 0.5) is 4.39 Å². The molecule has 1 heterocycles. The predicted molar refractivity (Wildman–Crippen MR) is 63.4 cm³/mol. The molecule has 0 saturated carbocycles. The van der Waals surface area contributed by atoms with Crippen LogP contribution in [0.2, 0.25) is 0 Å². The van der Waals surface area contributed by atoms with Crippen LogP contribution >= 0.6 is 0 Å². The van der Waals surface area contributed by atoms with E-state index in [4.69, 9.17) is 4.74 Å². The third-order valence-corrected chi connectivity index (χ3v) is 3.36. The van der Waals surface area contributed by atoms with Gasteiger partial charge in [0.15, 0.2) is 0 Å². The summed E-state index contributed by atoms with van der Waals surface area (Å²) in [5.41, 5.74) is 0.617. The third kappa shape index (κ3) is 2.76. The summed E-state index contributed by atoms with van der Waals surface area (Å²) in [6.45, 7) is 3.34. The molecule has 0 amide bonds. The van der Waals surface area contributed by atoms with Crippen molar-refractivity contribution in [3.8, 4) is 5.75 Å². The summed E-state index contributed by atoms with van der Waals surface area (Å²) < 4.78 is 18.6. The molecule has 1 saturated heterocycles. The Hall–Kier alpha value is -1.13. The molecular weight excluding hydrogens is 221 g/mol. The first-order chi connectivity index (χ1) is 8.08. The number of phenols is 1. The fourth-order valence-corrected chi connectivity index (χ4v) is 2.37. The van der Waals surface area contributed by atoms with Gasteiger partial charge in [-0.05, 0) is 38.6 Å². The standard InChI is InChI=1S/C13H18FNO2/c1-9-12(5-6-17-9)15(2)8-10-7-11(14)3-4-13(10)16/h3-4,7,9,12,16H,5-6,8H2,1-2H3. The Morgan fingerprint density at radius 3 is 2.94 bits per heavy atom. The highest BCUT2D eigenvalue weighted by Crippen LogP contribution is 2.24. The third-order valence-electron chi connectivity index (χ3n) is 3.36. The Balaban J connectivity index is 2.07. The first kappa shape index (κ1) is 12.3. The maximum absolute atomic E-state index is 13.1. The Labute approximate surface area is 101 Å². The summed E-state index contributed by atoms with van der Waals surface area (Å²) >= 11 is 0. The summed E-state index contributed by atoms with van der Waals surface area (Å²) in [4.78, 5) is 2.10. The molecule has 1 aliphatic heterocycles. The number of benzene rings is 1. The van der Waals surface area contributed by atoms with E-state index in [0.29, 0.717) is 18.2 Å². The molecule has 2 atom stereocenters. The summed E-state index contributed by atoms with van der Waals surface area (Å²) in [6, 6.07) is 4.37. The van der Waals surface area contributed by atoms with E-state index in [1.165, 1.54) is 18.2 Å². The molecule has 1 aromatic rings. The van der Waals surface area contributed by atoms with E-state index in [0.717, 1.165) is 13.0 Å². The van der Waals surface area contributed by atoms with E-state index in [-0.39, 0.29) is 17.7 Å². The topological polar surface area (TPSA) is 32.7 Å². The van der Waals surface area contributed by atoms with Gasteiger partial charge in [-0.1, -0.05) is 0 Å². The van der Waals surface area contributed by atoms with Crippen molar-refractivity contribution < 1.29 is 14.2 Å². The fraction of sp³-hybridized carbons (Fsp3) is 0.538. The average molecular weight is 239 g/mol. The number of nitrogens with zero attached hydrogens (tertiary/aromatic N) is 1. The zero-order valence-electron chi connectivity index (χ0n) is 10.2. The molecule has 0 spiro atoms. The first-order valence-electron chi connectivity index (χ1n) is 5.87. The quantitative estimate of drug-likeness (QED) is 0.877. The lowest BCUT2D eigenvalue weighted by molar-refractivity contribution is 0.0811. The second kappa shape index (κ2) is 5.02. The smallest absolute Gasteiger partial charge is 0.123 e. The molecule has 4 heteroatoms. The monoisotopic (exact) mass is 239 g/mol. The first-order valence-corrected chi connectivity index (χ1v) is 5.87. The van der Waals surface area contributed by atoms with Crippen molar-refractivity contribution in [1.29, 1.82) is 0 Å². The normalized spacial score (nSPS) is 24.5. The van der Waals surface area contributed by atoms with Crippen molar-refractivity contribution in [2.45, 2.75) is 32.0 Å². The molecule has 0 aromatic heterocycles. The van der Waals surface area contributed by atoms with Gasteiger partial charge in [0.2, 0.25) is 0 Å². The van der Waals surface area contributed by atoms with Gasteiger partial charge in [-0.15, -0.1) is 0 Å². The van der Waals surface area contributed by atoms with Gasteiger partial charge in [-0.2, -0.15) is 0 Å². The van der Waals surface area contributed by atoms with Gasteiger partial charge >= 0.3 is 0 Å². The summed E-state index contributed by atoms with van der Waals surface area (Å²) in [7, 11) is 1.97. The second-order valence-electron chi connectivity index (χ2n) is 4.62. The molecule has 1 fully saturated rings. The highest BCUT2D eigenvalue weighted by molar-refractivity contribution is 5.32. The number of rotatable bonds is 3. The van der Waals surface area contributed by atoms with Crippen LogP contribution < -0.4 is 0 Å². The lowest BCUT2D eigenvalue weighted by Gasteiger charge is -2.26. The highest BCUT2D eigenvalue weighted by atomic mass is 19.1. The van der Waals surface area contributed by atoms with Crippen molar-refractivity contribution in [2.75, 3.05) is 13.7 Å². The Morgan fingerprint density at radius 1 is 1.53 bits per heavy atom.